The maximum atomic E-state index is 11.6. The molecule has 0 aromatic carbocycles. The Kier molecular flexibility index (Phi) is 3.03. The maximum Gasteiger partial charge on any atom is 0.224 e. The molecule has 2 aliphatic rings. The molecule has 1 unspecified atom stereocenters. The summed E-state index contributed by atoms with van der Waals surface area (Å²) in [6, 6.07) is 0.263. The van der Waals surface area contributed by atoms with Gasteiger partial charge in [0.1, 0.15) is 6.23 Å². The topological polar surface area (TPSA) is 52.6 Å². The third-order valence-corrected chi connectivity index (χ3v) is 3.16. The molecule has 2 fully saturated rings. The number of aliphatic hydroxyl groups excluding tert-OH is 1. The fourth-order valence-electron chi connectivity index (χ4n) is 2.40. The van der Waals surface area contributed by atoms with Gasteiger partial charge in [0.15, 0.2) is 0 Å². The lowest BCUT2D eigenvalue weighted by molar-refractivity contribution is -0.152. The Morgan fingerprint density at radius 1 is 1.29 bits per heavy atom. The number of aliphatic hydroxyl groups is 1. The largest absolute Gasteiger partial charge is 0.374 e. The van der Waals surface area contributed by atoms with Crippen LogP contribution < -0.4 is 5.32 Å². The van der Waals surface area contributed by atoms with Gasteiger partial charge in [0.25, 0.3) is 0 Å². The molecule has 80 valence electrons. The van der Waals surface area contributed by atoms with Gasteiger partial charge in [0, 0.05) is 12.5 Å². The van der Waals surface area contributed by atoms with Crippen LogP contribution in [-0.4, -0.2) is 41.3 Å². The molecule has 1 atom stereocenters. The van der Waals surface area contributed by atoms with Crippen LogP contribution in [0.2, 0.25) is 0 Å². The van der Waals surface area contributed by atoms with Crippen LogP contribution in [0.3, 0.4) is 0 Å². The molecule has 0 aromatic rings. The molecule has 0 aliphatic carbocycles. The molecule has 2 heterocycles. The van der Waals surface area contributed by atoms with Crippen molar-refractivity contribution in [3.05, 3.63) is 0 Å². The predicted molar refractivity (Wildman–Crippen MR) is 52.6 cm³/mol. The molecule has 2 N–H and O–H groups in total. The summed E-state index contributed by atoms with van der Waals surface area (Å²) in [6.07, 6.45) is 3.61. The molecule has 0 aromatic heterocycles. The van der Waals surface area contributed by atoms with Gasteiger partial charge < -0.3 is 15.3 Å². The van der Waals surface area contributed by atoms with Crippen LogP contribution in [0.1, 0.15) is 32.1 Å². The maximum absolute atomic E-state index is 11.6. The molecule has 2 rings (SSSR count). The van der Waals surface area contributed by atoms with E-state index in [1.54, 1.807) is 4.90 Å². The number of nitrogens with one attached hydrogen (secondary N) is 1. The molecule has 0 radical (unpaired) electrons. The Balaban J connectivity index is 2.01. The van der Waals surface area contributed by atoms with Crippen LogP contribution >= 0.6 is 0 Å². The highest BCUT2D eigenvalue weighted by Gasteiger charge is 2.32. The molecule has 1 amide bonds. The summed E-state index contributed by atoms with van der Waals surface area (Å²) in [7, 11) is 0. The second-order valence-corrected chi connectivity index (χ2v) is 4.16. The highest BCUT2D eigenvalue weighted by Crippen LogP contribution is 2.23. The van der Waals surface area contributed by atoms with Gasteiger partial charge in [-0.25, -0.2) is 0 Å². The van der Waals surface area contributed by atoms with Gasteiger partial charge in [-0.15, -0.1) is 0 Å². The van der Waals surface area contributed by atoms with E-state index < -0.39 is 6.23 Å². The van der Waals surface area contributed by atoms with Crippen molar-refractivity contribution < 1.29 is 9.90 Å². The number of piperidine rings is 2. The van der Waals surface area contributed by atoms with Gasteiger partial charge >= 0.3 is 0 Å². The van der Waals surface area contributed by atoms with E-state index in [0.717, 1.165) is 38.8 Å². The Bertz CT molecular complexity index is 214. The van der Waals surface area contributed by atoms with Crippen molar-refractivity contribution in [2.45, 2.75) is 44.4 Å². The molecule has 0 bridgehead atoms. The minimum atomic E-state index is -0.528. The summed E-state index contributed by atoms with van der Waals surface area (Å²) >= 11 is 0. The zero-order chi connectivity index (χ0) is 9.97. The lowest BCUT2D eigenvalue weighted by atomic mass is 9.99. The number of nitrogens with zero attached hydrogens (tertiary/aromatic N) is 1. The Morgan fingerprint density at radius 2 is 2.00 bits per heavy atom. The van der Waals surface area contributed by atoms with Crippen molar-refractivity contribution in [1.29, 1.82) is 0 Å². The number of hydrogen-bond acceptors (Lipinski definition) is 3. The molecule has 0 saturated carbocycles. The summed E-state index contributed by atoms with van der Waals surface area (Å²) < 4.78 is 0. The predicted octanol–water partition coefficient (Wildman–Crippen LogP) is 0.0693. The quantitative estimate of drug-likeness (QED) is 0.627. The summed E-state index contributed by atoms with van der Waals surface area (Å²) in [6.45, 7) is 1.92. The number of likely N-dealkylation sites (tertiary alicyclic amines) is 1. The van der Waals surface area contributed by atoms with E-state index in [-0.39, 0.29) is 11.9 Å². The second-order valence-electron chi connectivity index (χ2n) is 4.16. The van der Waals surface area contributed by atoms with Crippen molar-refractivity contribution in [3.63, 3.8) is 0 Å². The third-order valence-electron chi connectivity index (χ3n) is 3.16. The fraction of sp³-hybridized carbons (Fsp3) is 0.900. The van der Waals surface area contributed by atoms with E-state index in [0.29, 0.717) is 6.42 Å². The summed E-state index contributed by atoms with van der Waals surface area (Å²) in [5, 5.41) is 13.0. The van der Waals surface area contributed by atoms with Crippen LogP contribution in [0.5, 0.6) is 0 Å². The van der Waals surface area contributed by atoms with Gasteiger partial charge in [-0.2, -0.15) is 0 Å². The highest BCUT2D eigenvalue weighted by molar-refractivity contribution is 5.77. The van der Waals surface area contributed by atoms with Gasteiger partial charge in [0.2, 0.25) is 5.91 Å². The van der Waals surface area contributed by atoms with E-state index >= 15 is 0 Å². The summed E-state index contributed by atoms with van der Waals surface area (Å²) in [5.74, 6) is 0.135. The normalized spacial score (nSPS) is 30.8. The van der Waals surface area contributed by atoms with Crippen LogP contribution in [0.4, 0.5) is 0 Å². The molecule has 14 heavy (non-hydrogen) atoms. The standard InChI is InChI=1S/C10H18N2O2/c13-9-2-1-3-10(14)12(9)8-4-6-11-7-5-8/h8-9,11,13H,1-7H2. The zero-order valence-corrected chi connectivity index (χ0v) is 8.41. The number of rotatable bonds is 1. The van der Waals surface area contributed by atoms with Gasteiger partial charge in [-0.05, 0) is 38.8 Å². The number of carbonyl (C=O) groups is 1. The second kappa shape index (κ2) is 4.28. The van der Waals surface area contributed by atoms with Crippen molar-refractivity contribution in [2.24, 2.45) is 0 Å². The van der Waals surface area contributed by atoms with Gasteiger partial charge in [-0.3, -0.25) is 4.79 Å². The van der Waals surface area contributed by atoms with E-state index in [9.17, 15) is 9.90 Å². The summed E-state index contributed by atoms with van der Waals surface area (Å²) in [4.78, 5) is 13.4. The molecule has 0 spiro atoms. The van der Waals surface area contributed by atoms with Gasteiger partial charge in [-0.1, -0.05) is 0 Å². The van der Waals surface area contributed by atoms with Crippen LogP contribution in [0.15, 0.2) is 0 Å². The molecule has 4 heteroatoms. The number of carbonyl (C=O) groups excluding carboxylic acids is 1. The molecular formula is C10H18N2O2. The Morgan fingerprint density at radius 3 is 2.64 bits per heavy atom. The summed E-state index contributed by atoms with van der Waals surface area (Å²) in [5.41, 5.74) is 0. The first kappa shape index (κ1) is 9.93. The lowest BCUT2D eigenvalue weighted by Crippen LogP contribution is -2.52. The van der Waals surface area contributed by atoms with Crippen LogP contribution in [-0.2, 0) is 4.79 Å². The van der Waals surface area contributed by atoms with E-state index in [1.807, 2.05) is 0 Å². The van der Waals surface area contributed by atoms with Crippen molar-refractivity contribution >= 4 is 5.91 Å². The van der Waals surface area contributed by atoms with Crippen molar-refractivity contribution in [1.82, 2.24) is 10.2 Å². The fourth-order valence-corrected chi connectivity index (χ4v) is 2.40. The molecular weight excluding hydrogens is 180 g/mol. The minimum absolute atomic E-state index is 0.135. The number of hydrogen-bond donors (Lipinski definition) is 2. The average Bonchev–Trinajstić information content (AvgIpc) is 2.19. The average molecular weight is 198 g/mol. The van der Waals surface area contributed by atoms with Crippen LogP contribution in [0.25, 0.3) is 0 Å². The van der Waals surface area contributed by atoms with E-state index in [4.69, 9.17) is 0 Å². The third kappa shape index (κ3) is 1.91. The SMILES string of the molecule is O=C1CCCC(O)N1C1CCNCC1. The highest BCUT2D eigenvalue weighted by atomic mass is 16.3. The van der Waals surface area contributed by atoms with E-state index in [1.165, 1.54) is 0 Å². The lowest BCUT2D eigenvalue weighted by Gasteiger charge is -2.40. The molecule has 4 nitrogen and oxygen atoms in total. The monoisotopic (exact) mass is 198 g/mol. The molecule has 2 aliphatic heterocycles. The van der Waals surface area contributed by atoms with Crippen molar-refractivity contribution in [3.8, 4) is 0 Å². The first-order chi connectivity index (χ1) is 6.79. The molecule has 2 saturated heterocycles. The van der Waals surface area contributed by atoms with E-state index in [2.05, 4.69) is 5.32 Å². The smallest absolute Gasteiger partial charge is 0.224 e. The van der Waals surface area contributed by atoms with Crippen molar-refractivity contribution in [2.75, 3.05) is 13.1 Å². The van der Waals surface area contributed by atoms with Crippen LogP contribution in [0, 0.1) is 0 Å². The minimum Gasteiger partial charge on any atom is -0.374 e. The first-order valence-electron chi connectivity index (χ1n) is 5.49. The Hall–Kier alpha value is -0.610. The first-order valence-corrected chi connectivity index (χ1v) is 5.49. The van der Waals surface area contributed by atoms with Gasteiger partial charge in [0.05, 0.1) is 0 Å². The number of amides is 1. The Labute approximate surface area is 84.3 Å². The zero-order valence-electron chi connectivity index (χ0n) is 8.41.